The SMILES string of the molecule is CCCCC(=O)N(c1cnc(-c2cnn(C)c2)cn1)C1CCC(Nc2ncc(C(F)(F)F)c(-c3cncc(S(C)(=O)=O)c3)n2)CC1. The molecule has 244 valence electrons. The molecule has 0 bridgehead atoms. The van der Waals surface area contributed by atoms with Gasteiger partial charge in [-0.25, -0.2) is 23.4 Å². The summed E-state index contributed by atoms with van der Waals surface area (Å²) in [7, 11) is -1.91. The van der Waals surface area contributed by atoms with Crippen LogP contribution in [0.1, 0.15) is 57.4 Å². The van der Waals surface area contributed by atoms with Crippen LogP contribution in [0, 0.1) is 0 Å². The number of carbonyl (C=O) groups excluding carboxylic acids is 1. The smallest absolute Gasteiger partial charge is 0.351 e. The van der Waals surface area contributed by atoms with E-state index in [9.17, 15) is 26.4 Å². The molecule has 4 aromatic rings. The molecule has 1 aliphatic carbocycles. The van der Waals surface area contributed by atoms with Crippen molar-refractivity contribution in [3.05, 3.63) is 55.0 Å². The number of carbonyl (C=O) groups is 1. The fourth-order valence-corrected chi connectivity index (χ4v) is 6.00. The Morgan fingerprint density at radius 3 is 2.39 bits per heavy atom. The number of alkyl halides is 3. The second-order valence-corrected chi connectivity index (χ2v) is 13.3. The van der Waals surface area contributed by atoms with Crippen molar-refractivity contribution >= 4 is 27.5 Å². The number of nitrogens with one attached hydrogen (secondary N) is 1. The van der Waals surface area contributed by atoms with E-state index in [1.807, 2.05) is 20.2 Å². The zero-order valence-electron chi connectivity index (χ0n) is 25.6. The number of halogens is 3. The van der Waals surface area contributed by atoms with Gasteiger partial charge in [-0.3, -0.25) is 24.3 Å². The van der Waals surface area contributed by atoms with Crippen LogP contribution in [0.2, 0.25) is 0 Å². The second kappa shape index (κ2) is 13.5. The first-order chi connectivity index (χ1) is 21.8. The number of hydrogen-bond acceptors (Lipinski definition) is 10. The van der Waals surface area contributed by atoms with Crippen molar-refractivity contribution in [3.63, 3.8) is 0 Å². The summed E-state index contributed by atoms with van der Waals surface area (Å²) in [6.45, 7) is 2.02. The predicted octanol–water partition coefficient (Wildman–Crippen LogP) is 5.10. The van der Waals surface area contributed by atoms with E-state index in [2.05, 4.69) is 35.3 Å². The van der Waals surface area contributed by atoms with E-state index in [1.54, 1.807) is 28.2 Å². The van der Waals surface area contributed by atoms with Crippen molar-refractivity contribution in [2.24, 2.45) is 7.05 Å². The third-order valence-electron chi connectivity index (χ3n) is 7.80. The molecule has 46 heavy (non-hydrogen) atoms. The number of unbranched alkanes of at least 4 members (excludes halogenated alkanes) is 1. The lowest BCUT2D eigenvalue weighted by Crippen LogP contribution is -2.44. The van der Waals surface area contributed by atoms with Gasteiger partial charge >= 0.3 is 6.18 Å². The van der Waals surface area contributed by atoms with Crippen LogP contribution in [-0.4, -0.2) is 67.4 Å². The first kappa shape index (κ1) is 32.9. The van der Waals surface area contributed by atoms with Gasteiger partial charge in [-0.2, -0.15) is 18.3 Å². The van der Waals surface area contributed by atoms with Gasteiger partial charge in [0.05, 0.1) is 34.9 Å². The minimum Gasteiger partial charge on any atom is -0.351 e. The highest BCUT2D eigenvalue weighted by molar-refractivity contribution is 7.90. The minimum atomic E-state index is -4.78. The van der Waals surface area contributed by atoms with Gasteiger partial charge in [-0.05, 0) is 38.2 Å². The fraction of sp³-hybridized carbons (Fsp3) is 0.433. The summed E-state index contributed by atoms with van der Waals surface area (Å²) in [6, 6.07) is 0.799. The summed E-state index contributed by atoms with van der Waals surface area (Å²) < 4.78 is 67.4. The van der Waals surface area contributed by atoms with Crippen LogP contribution in [0.4, 0.5) is 24.9 Å². The summed E-state index contributed by atoms with van der Waals surface area (Å²) in [5.41, 5.74) is -0.226. The number of aryl methyl sites for hydroxylation is 1. The Morgan fingerprint density at radius 2 is 1.78 bits per heavy atom. The molecule has 1 amide bonds. The molecule has 0 saturated heterocycles. The van der Waals surface area contributed by atoms with Crippen LogP contribution >= 0.6 is 0 Å². The highest BCUT2D eigenvalue weighted by Gasteiger charge is 2.36. The number of aromatic nitrogens is 7. The molecule has 0 spiro atoms. The van der Waals surface area contributed by atoms with Crippen LogP contribution in [0.3, 0.4) is 0 Å². The quantitative estimate of drug-likeness (QED) is 0.244. The zero-order chi connectivity index (χ0) is 33.1. The summed E-state index contributed by atoms with van der Waals surface area (Å²) in [5, 5.41) is 7.30. The number of anilines is 2. The van der Waals surface area contributed by atoms with Crippen molar-refractivity contribution in [1.82, 2.24) is 34.7 Å². The van der Waals surface area contributed by atoms with Gasteiger partial charge in [-0.15, -0.1) is 0 Å². The van der Waals surface area contributed by atoms with Gasteiger partial charge in [0.2, 0.25) is 11.9 Å². The van der Waals surface area contributed by atoms with Crippen LogP contribution in [-0.2, 0) is 27.9 Å². The first-order valence-corrected chi connectivity index (χ1v) is 16.7. The van der Waals surface area contributed by atoms with E-state index in [-0.39, 0.29) is 34.4 Å². The normalized spacial score (nSPS) is 17.1. The van der Waals surface area contributed by atoms with Crippen molar-refractivity contribution in [3.8, 4) is 22.5 Å². The highest BCUT2D eigenvalue weighted by atomic mass is 32.2. The Balaban J connectivity index is 1.33. The molecule has 0 aromatic carbocycles. The molecule has 0 atom stereocenters. The molecule has 4 heterocycles. The molecule has 0 unspecified atom stereocenters. The number of pyridine rings is 1. The third-order valence-corrected chi connectivity index (χ3v) is 8.88. The summed E-state index contributed by atoms with van der Waals surface area (Å²) in [5.74, 6) is 0.400. The molecule has 1 aliphatic rings. The standard InChI is InChI=1S/C30H34F3N9O3S/c1-4-5-6-27(43)42(26-17-35-25(16-36-26)20-13-38-41(2)18-20)22-9-7-21(8-10-22)39-29-37-15-24(30(31,32)33)28(40-29)19-11-23(14-34-12-19)46(3,44)45/h11-18,21-22H,4-10H2,1-3H3,(H,37,39,40). The van der Waals surface area contributed by atoms with Gasteiger partial charge in [0.25, 0.3) is 0 Å². The van der Waals surface area contributed by atoms with E-state index in [0.29, 0.717) is 49.8 Å². The van der Waals surface area contributed by atoms with E-state index < -0.39 is 27.3 Å². The summed E-state index contributed by atoms with van der Waals surface area (Å²) >= 11 is 0. The van der Waals surface area contributed by atoms with Gasteiger partial charge in [0.15, 0.2) is 15.7 Å². The molecular formula is C30H34F3N9O3S. The van der Waals surface area contributed by atoms with Crippen LogP contribution in [0.15, 0.2) is 54.3 Å². The lowest BCUT2D eigenvalue weighted by molar-refractivity contribution is -0.137. The van der Waals surface area contributed by atoms with E-state index in [0.717, 1.165) is 43.1 Å². The van der Waals surface area contributed by atoms with Gasteiger partial charge in [-0.1, -0.05) is 13.3 Å². The minimum absolute atomic E-state index is 0.0241. The average molecular weight is 658 g/mol. The molecule has 1 fully saturated rings. The number of nitrogens with zero attached hydrogens (tertiary/aromatic N) is 8. The Kier molecular flexibility index (Phi) is 9.65. The Bertz CT molecular complexity index is 1790. The monoisotopic (exact) mass is 657 g/mol. The zero-order valence-corrected chi connectivity index (χ0v) is 26.4. The first-order valence-electron chi connectivity index (χ1n) is 14.8. The number of rotatable bonds is 10. The van der Waals surface area contributed by atoms with Gasteiger partial charge < -0.3 is 5.32 Å². The molecule has 12 nitrogen and oxygen atoms in total. The molecule has 4 aromatic heterocycles. The van der Waals surface area contributed by atoms with Crippen LogP contribution < -0.4 is 10.2 Å². The maximum atomic E-state index is 13.9. The molecule has 1 N–H and O–H groups in total. The number of sulfone groups is 1. The maximum absolute atomic E-state index is 13.9. The topological polar surface area (TPSA) is 149 Å². The third kappa shape index (κ3) is 7.66. The van der Waals surface area contributed by atoms with Gasteiger partial charge in [0, 0.05) is 67.7 Å². The lowest BCUT2D eigenvalue weighted by Gasteiger charge is -2.36. The second-order valence-electron chi connectivity index (χ2n) is 11.3. The molecule has 0 aliphatic heterocycles. The van der Waals surface area contributed by atoms with Gasteiger partial charge in [0.1, 0.15) is 5.56 Å². The van der Waals surface area contributed by atoms with E-state index in [1.165, 1.54) is 0 Å². The van der Waals surface area contributed by atoms with E-state index >= 15 is 0 Å². The molecular weight excluding hydrogens is 623 g/mol. The van der Waals surface area contributed by atoms with Crippen LogP contribution in [0.5, 0.6) is 0 Å². The lowest BCUT2D eigenvalue weighted by atomic mass is 9.90. The Morgan fingerprint density at radius 1 is 1.02 bits per heavy atom. The fourth-order valence-electron chi connectivity index (χ4n) is 5.41. The van der Waals surface area contributed by atoms with Crippen molar-refractivity contribution in [1.29, 1.82) is 0 Å². The number of amides is 1. The molecule has 1 saturated carbocycles. The largest absolute Gasteiger partial charge is 0.419 e. The molecule has 0 radical (unpaired) electrons. The molecule has 16 heteroatoms. The Labute approximate surface area is 264 Å². The Hall–Kier alpha value is -4.47. The average Bonchev–Trinajstić information content (AvgIpc) is 3.46. The van der Waals surface area contributed by atoms with Crippen molar-refractivity contribution in [2.45, 2.75) is 75.0 Å². The highest BCUT2D eigenvalue weighted by Crippen LogP contribution is 2.37. The number of hydrogen-bond donors (Lipinski definition) is 1. The molecule has 5 rings (SSSR count). The summed E-state index contributed by atoms with van der Waals surface area (Å²) in [4.78, 5) is 35.9. The van der Waals surface area contributed by atoms with Crippen LogP contribution in [0.25, 0.3) is 22.5 Å². The van der Waals surface area contributed by atoms with Crippen molar-refractivity contribution in [2.75, 3.05) is 16.5 Å². The maximum Gasteiger partial charge on any atom is 0.419 e. The summed E-state index contributed by atoms with van der Waals surface area (Å²) in [6.07, 6.45) is 10.2. The van der Waals surface area contributed by atoms with Crippen molar-refractivity contribution < 1.29 is 26.4 Å². The van der Waals surface area contributed by atoms with E-state index in [4.69, 9.17) is 0 Å². The predicted molar refractivity (Wildman–Crippen MR) is 164 cm³/mol.